The average molecular weight is 263 g/mol. The van der Waals surface area contributed by atoms with Crippen LogP contribution in [-0.4, -0.2) is 34.3 Å². The van der Waals surface area contributed by atoms with E-state index in [9.17, 15) is 0 Å². The van der Waals surface area contributed by atoms with Gasteiger partial charge in [-0.2, -0.15) is 0 Å². The van der Waals surface area contributed by atoms with Crippen LogP contribution in [0.5, 0.6) is 0 Å². The molecule has 19 heavy (non-hydrogen) atoms. The van der Waals surface area contributed by atoms with Gasteiger partial charge in [-0.3, -0.25) is 0 Å². The summed E-state index contributed by atoms with van der Waals surface area (Å²) in [4.78, 5) is 4.39. The van der Waals surface area contributed by atoms with Gasteiger partial charge in [0.1, 0.15) is 5.82 Å². The summed E-state index contributed by atoms with van der Waals surface area (Å²) in [7, 11) is 0. The number of nitrogens with zero attached hydrogens (tertiary/aromatic N) is 2. The van der Waals surface area contributed by atoms with E-state index in [0.29, 0.717) is 18.2 Å². The molecule has 1 saturated heterocycles. The Kier molecular flexibility index (Phi) is 3.89. The topological polar surface area (TPSA) is 39.1 Å². The largest absolute Gasteiger partial charge is 0.375 e. The Morgan fingerprint density at radius 3 is 2.95 bits per heavy atom. The summed E-state index contributed by atoms with van der Waals surface area (Å²) in [6.07, 6.45) is 9.51. The van der Waals surface area contributed by atoms with Crippen LogP contribution in [0.15, 0.2) is 12.4 Å². The van der Waals surface area contributed by atoms with Crippen molar-refractivity contribution in [1.82, 2.24) is 14.9 Å². The fourth-order valence-corrected chi connectivity index (χ4v) is 3.51. The van der Waals surface area contributed by atoms with Gasteiger partial charge in [0.05, 0.1) is 12.2 Å². The molecule has 0 bridgehead atoms. The van der Waals surface area contributed by atoms with E-state index < -0.39 is 0 Å². The van der Waals surface area contributed by atoms with E-state index >= 15 is 0 Å². The first-order valence-corrected chi connectivity index (χ1v) is 7.59. The van der Waals surface area contributed by atoms with Crippen molar-refractivity contribution >= 4 is 0 Å². The third-order valence-electron chi connectivity index (χ3n) is 4.43. The van der Waals surface area contributed by atoms with E-state index in [1.165, 1.54) is 12.2 Å². The zero-order valence-electron chi connectivity index (χ0n) is 12.0. The lowest BCUT2D eigenvalue weighted by Crippen LogP contribution is -2.43. The molecule has 1 aromatic rings. The second kappa shape index (κ2) is 5.63. The number of imidazole rings is 1. The monoisotopic (exact) mass is 263 g/mol. The molecule has 2 aliphatic rings. The summed E-state index contributed by atoms with van der Waals surface area (Å²) in [5.41, 5.74) is 0. The van der Waals surface area contributed by atoms with E-state index in [-0.39, 0.29) is 0 Å². The fraction of sp³-hybridized carbons (Fsp3) is 0.800. The van der Waals surface area contributed by atoms with E-state index in [1.807, 2.05) is 6.20 Å². The fourth-order valence-electron chi connectivity index (χ4n) is 3.51. The van der Waals surface area contributed by atoms with E-state index in [1.54, 1.807) is 0 Å². The molecule has 0 radical (unpaired) electrons. The Hall–Kier alpha value is -0.870. The van der Waals surface area contributed by atoms with Gasteiger partial charge < -0.3 is 14.6 Å². The number of rotatable bonds is 3. The maximum Gasteiger partial charge on any atom is 0.108 e. The lowest BCUT2D eigenvalue weighted by Gasteiger charge is -2.34. The van der Waals surface area contributed by atoms with E-state index in [0.717, 1.165) is 38.3 Å². The summed E-state index contributed by atoms with van der Waals surface area (Å²) in [5, 5.41) is 3.76. The van der Waals surface area contributed by atoms with Crippen molar-refractivity contribution in [1.29, 1.82) is 0 Å². The summed E-state index contributed by atoms with van der Waals surface area (Å²) in [6.45, 7) is 6.61. The molecule has 0 aromatic carbocycles. The summed E-state index contributed by atoms with van der Waals surface area (Å²) in [6, 6.07) is 0.628. The first kappa shape index (κ1) is 13.1. The number of nitrogens with one attached hydrogen (secondary N) is 1. The van der Waals surface area contributed by atoms with Crippen molar-refractivity contribution in [3.8, 4) is 0 Å². The van der Waals surface area contributed by atoms with Crippen LogP contribution in [0.25, 0.3) is 0 Å². The van der Waals surface area contributed by atoms with Crippen LogP contribution in [0.3, 0.4) is 0 Å². The Bertz CT molecular complexity index is 407. The van der Waals surface area contributed by atoms with Crippen LogP contribution >= 0.6 is 0 Å². The van der Waals surface area contributed by atoms with Crippen molar-refractivity contribution in [3.63, 3.8) is 0 Å². The van der Waals surface area contributed by atoms with Crippen molar-refractivity contribution in [2.24, 2.45) is 5.92 Å². The third-order valence-corrected chi connectivity index (χ3v) is 4.43. The van der Waals surface area contributed by atoms with Crippen molar-refractivity contribution < 1.29 is 4.74 Å². The number of ether oxygens (including phenoxy) is 1. The Morgan fingerprint density at radius 1 is 1.37 bits per heavy atom. The van der Waals surface area contributed by atoms with Gasteiger partial charge >= 0.3 is 0 Å². The van der Waals surface area contributed by atoms with Crippen molar-refractivity contribution in [2.75, 3.05) is 6.54 Å². The third kappa shape index (κ3) is 3.18. The van der Waals surface area contributed by atoms with Crippen molar-refractivity contribution in [2.45, 2.75) is 64.3 Å². The van der Waals surface area contributed by atoms with Crippen molar-refractivity contribution in [3.05, 3.63) is 18.2 Å². The number of hydrogen-bond donors (Lipinski definition) is 1. The standard InChI is InChI=1S/C15H25N3O/c1-11-7-14(8-12(2)19-11)17-9-13-3-4-15-16-5-6-18(15)10-13/h5-6,11-14,17H,3-4,7-10H2,1-2H3. The number of aryl methyl sites for hydroxylation is 1. The van der Waals surface area contributed by atoms with Crippen LogP contribution in [0, 0.1) is 5.92 Å². The maximum absolute atomic E-state index is 5.79. The highest BCUT2D eigenvalue weighted by Crippen LogP contribution is 2.21. The quantitative estimate of drug-likeness (QED) is 0.906. The summed E-state index contributed by atoms with van der Waals surface area (Å²) >= 11 is 0. The lowest BCUT2D eigenvalue weighted by atomic mass is 9.96. The number of fused-ring (bicyclic) bond motifs is 1. The van der Waals surface area contributed by atoms with Crippen LogP contribution in [-0.2, 0) is 17.7 Å². The average Bonchev–Trinajstić information content (AvgIpc) is 2.82. The number of aromatic nitrogens is 2. The zero-order chi connectivity index (χ0) is 13.2. The Morgan fingerprint density at radius 2 is 2.16 bits per heavy atom. The minimum absolute atomic E-state index is 0.396. The molecule has 3 heterocycles. The van der Waals surface area contributed by atoms with Crippen LogP contribution in [0.1, 0.15) is 38.9 Å². The minimum atomic E-state index is 0.396. The Balaban J connectivity index is 1.48. The van der Waals surface area contributed by atoms with Gasteiger partial charge in [0.15, 0.2) is 0 Å². The second-order valence-corrected chi connectivity index (χ2v) is 6.23. The molecule has 106 valence electrons. The van der Waals surface area contributed by atoms with Gasteiger partial charge in [0.25, 0.3) is 0 Å². The predicted octanol–water partition coefficient (Wildman–Crippen LogP) is 1.99. The van der Waals surface area contributed by atoms with E-state index in [2.05, 4.69) is 34.9 Å². The number of hydrogen-bond acceptors (Lipinski definition) is 3. The Labute approximate surface area is 115 Å². The van der Waals surface area contributed by atoms with Gasteiger partial charge in [0, 0.05) is 31.4 Å². The molecule has 0 spiro atoms. The highest BCUT2D eigenvalue weighted by atomic mass is 16.5. The molecule has 2 aliphatic heterocycles. The molecule has 1 N–H and O–H groups in total. The lowest BCUT2D eigenvalue weighted by molar-refractivity contribution is -0.0426. The smallest absolute Gasteiger partial charge is 0.108 e. The molecule has 0 aliphatic carbocycles. The molecule has 4 nitrogen and oxygen atoms in total. The van der Waals surface area contributed by atoms with Crippen LogP contribution < -0.4 is 5.32 Å². The van der Waals surface area contributed by atoms with Gasteiger partial charge in [-0.1, -0.05) is 0 Å². The molecule has 3 rings (SSSR count). The molecule has 4 heteroatoms. The molecule has 3 atom stereocenters. The summed E-state index contributed by atoms with van der Waals surface area (Å²) < 4.78 is 8.10. The van der Waals surface area contributed by atoms with Gasteiger partial charge in [-0.05, 0) is 45.6 Å². The predicted molar refractivity (Wildman–Crippen MR) is 75.1 cm³/mol. The molecule has 3 unspecified atom stereocenters. The first-order valence-electron chi connectivity index (χ1n) is 7.59. The molecular formula is C15H25N3O. The molecule has 0 saturated carbocycles. The van der Waals surface area contributed by atoms with Gasteiger partial charge in [-0.25, -0.2) is 4.98 Å². The van der Waals surface area contributed by atoms with Gasteiger partial charge in [-0.15, -0.1) is 0 Å². The highest BCUT2D eigenvalue weighted by molar-refractivity contribution is 4.97. The van der Waals surface area contributed by atoms with E-state index in [4.69, 9.17) is 4.74 Å². The second-order valence-electron chi connectivity index (χ2n) is 6.23. The molecule has 1 fully saturated rings. The normalized spacial score (nSPS) is 35.1. The highest BCUT2D eigenvalue weighted by Gasteiger charge is 2.25. The van der Waals surface area contributed by atoms with Crippen LogP contribution in [0.4, 0.5) is 0 Å². The first-order chi connectivity index (χ1) is 9.20. The SMILES string of the molecule is CC1CC(NCC2CCc3nccn3C2)CC(C)O1. The molecular weight excluding hydrogens is 238 g/mol. The zero-order valence-corrected chi connectivity index (χ0v) is 12.0. The molecule has 1 aromatic heterocycles. The minimum Gasteiger partial charge on any atom is -0.375 e. The summed E-state index contributed by atoms with van der Waals surface area (Å²) in [5.74, 6) is 2.00. The van der Waals surface area contributed by atoms with Gasteiger partial charge in [0.2, 0.25) is 0 Å². The van der Waals surface area contributed by atoms with Crippen LogP contribution in [0.2, 0.25) is 0 Å². The maximum atomic E-state index is 5.79. The molecule has 0 amide bonds.